The number of aliphatic carboxylic acids is 1. The van der Waals surface area contributed by atoms with Crippen molar-refractivity contribution in [2.45, 2.75) is 66.1 Å². The molecule has 1 saturated heterocycles. The van der Waals surface area contributed by atoms with Crippen LogP contribution in [-0.4, -0.2) is 59.9 Å². The smallest absolute Gasteiger partial charge is 0.337 e. The molecule has 42 heavy (non-hydrogen) atoms. The van der Waals surface area contributed by atoms with Gasteiger partial charge in [0, 0.05) is 59.9 Å². The number of likely N-dealkylation sites (N-methyl/N-ethyl adjacent to an activating group) is 1. The zero-order valence-electron chi connectivity index (χ0n) is 25.8. The minimum absolute atomic E-state index is 0.234. The Hall–Kier alpha value is -3.36. The van der Waals surface area contributed by atoms with Crippen molar-refractivity contribution in [2.24, 2.45) is 5.41 Å². The number of ether oxygens (including phenoxy) is 2. The lowest BCUT2D eigenvalue weighted by atomic mass is 9.82. The molecule has 3 aromatic rings. The van der Waals surface area contributed by atoms with E-state index in [2.05, 4.69) is 23.7 Å². The van der Waals surface area contributed by atoms with Crippen LogP contribution in [0.2, 0.25) is 5.02 Å². The number of nitrogens with zero attached hydrogens (tertiary/aromatic N) is 4. The lowest BCUT2D eigenvalue weighted by Crippen LogP contribution is -2.39. The zero-order chi connectivity index (χ0) is 30.7. The molecule has 1 unspecified atom stereocenters. The molecule has 1 aliphatic rings. The summed E-state index contributed by atoms with van der Waals surface area (Å²) in [6.45, 7) is 14.8. The second-order valence-electron chi connectivity index (χ2n) is 12.7. The van der Waals surface area contributed by atoms with E-state index in [0.717, 1.165) is 54.3 Å². The van der Waals surface area contributed by atoms with Gasteiger partial charge in [-0.05, 0) is 82.3 Å². The number of anilines is 2. The van der Waals surface area contributed by atoms with Gasteiger partial charge in [-0.15, -0.1) is 0 Å². The van der Waals surface area contributed by atoms with Gasteiger partial charge >= 0.3 is 5.97 Å². The van der Waals surface area contributed by atoms with E-state index in [4.69, 9.17) is 26.1 Å². The van der Waals surface area contributed by atoms with Crippen LogP contribution in [0.1, 0.15) is 64.8 Å². The number of rotatable bonds is 10. The second-order valence-corrected chi connectivity index (χ2v) is 13.2. The van der Waals surface area contributed by atoms with Crippen LogP contribution in [0.4, 0.5) is 11.5 Å². The summed E-state index contributed by atoms with van der Waals surface area (Å²) < 4.78 is 12.0. The number of benzene rings is 1. The molecule has 1 fully saturated rings. The normalized spacial score (nSPS) is 15.8. The van der Waals surface area contributed by atoms with Gasteiger partial charge in [-0.3, -0.25) is 4.98 Å². The van der Waals surface area contributed by atoms with Gasteiger partial charge in [-0.2, -0.15) is 0 Å². The first-order chi connectivity index (χ1) is 19.7. The SMILES string of the molecule is Cc1ncc(-c2ccc(N(C)CCOc3ccc(Cl)cc3)nc2)c(N2CCC(C)(C)CC2)c1C(OC(C)(C)C)C(=O)O. The molecule has 0 saturated carbocycles. The molecule has 3 heterocycles. The Labute approximate surface area is 254 Å². The fourth-order valence-corrected chi connectivity index (χ4v) is 5.24. The Morgan fingerprint density at radius 1 is 1.10 bits per heavy atom. The van der Waals surface area contributed by atoms with E-state index in [1.165, 1.54) is 0 Å². The van der Waals surface area contributed by atoms with Gasteiger partial charge in [0.25, 0.3) is 0 Å². The molecule has 0 amide bonds. The molecule has 0 bridgehead atoms. The van der Waals surface area contributed by atoms with Crippen molar-refractivity contribution < 1.29 is 19.4 Å². The lowest BCUT2D eigenvalue weighted by molar-refractivity contribution is -0.160. The van der Waals surface area contributed by atoms with Crippen LogP contribution in [0, 0.1) is 12.3 Å². The molecule has 0 radical (unpaired) electrons. The molecular weight excluding hydrogens is 552 g/mol. The van der Waals surface area contributed by atoms with Crippen LogP contribution in [0.5, 0.6) is 5.75 Å². The number of hydrogen-bond donors (Lipinski definition) is 1. The molecule has 9 heteroatoms. The summed E-state index contributed by atoms with van der Waals surface area (Å²) >= 11 is 5.96. The van der Waals surface area contributed by atoms with Crippen molar-refractivity contribution in [3.05, 3.63) is 65.1 Å². The number of pyridine rings is 2. The van der Waals surface area contributed by atoms with Crippen molar-refractivity contribution in [3.8, 4) is 16.9 Å². The Morgan fingerprint density at radius 2 is 1.76 bits per heavy atom. The van der Waals surface area contributed by atoms with Gasteiger partial charge in [0.2, 0.25) is 0 Å². The van der Waals surface area contributed by atoms with E-state index in [1.807, 2.05) is 76.3 Å². The average molecular weight is 595 g/mol. The largest absolute Gasteiger partial charge is 0.492 e. The maximum Gasteiger partial charge on any atom is 0.337 e. The maximum atomic E-state index is 12.6. The van der Waals surface area contributed by atoms with Crippen LogP contribution in [0.3, 0.4) is 0 Å². The molecule has 1 aromatic carbocycles. The lowest BCUT2D eigenvalue weighted by Gasteiger charge is -2.41. The Balaban J connectivity index is 1.64. The molecular formula is C33H43ClN4O4. The predicted octanol–water partition coefficient (Wildman–Crippen LogP) is 7.19. The highest BCUT2D eigenvalue weighted by Gasteiger charge is 2.35. The maximum absolute atomic E-state index is 12.6. The van der Waals surface area contributed by atoms with E-state index in [-0.39, 0.29) is 5.41 Å². The fourth-order valence-electron chi connectivity index (χ4n) is 5.11. The van der Waals surface area contributed by atoms with E-state index < -0.39 is 17.7 Å². The third-order valence-corrected chi connectivity index (χ3v) is 7.89. The molecule has 1 atom stereocenters. The van der Waals surface area contributed by atoms with Crippen LogP contribution in [0.15, 0.2) is 48.8 Å². The quantitative estimate of drug-likeness (QED) is 0.264. The molecule has 0 spiro atoms. The van der Waals surface area contributed by atoms with Gasteiger partial charge in [0.1, 0.15) is 18.2 Å². The Bertz CT molecular complexity index is 1360. The first-order valence-electron chi connectivity index (χ1n) is 14.4. The molecule has 2 aromatic heterocycles. The third kappa shape index (κ3) is 7.92. The van der Waals surface area contributed by atoms with Crippen molar-refractivity contribution in [3.63, 3.8) is 0 Å². The van der Waals surface area contributed by atoms with Crippen molar-refractivity contribution in [1.29, 1.82) is 0 Å². The van der Waals surface area contributed by atoms with E-state index in [9.17, 15) is 9.90 Å². The van der Waals surface area contributed by atoms with Gasteiger partial charge in [-0.25, -0.2) is 9.78 Å². The predicted molar refractivity (Wildman–Crippen MR) is 169 cm³/mol. The molecule has 4 rings (SSSR count). The summed E-state index contributed by atoms with van der Waals surface area (Å²) in [5.41, 5.74) is 3.43. The molecule has 8 nitrogen and oxygen atoms in total. The fraction of sp³-hybridized carbons (Fsp3) is 0.485. The number of piperidine rings is 1. The number of aryl methyl sites for hydroxylation is 1. The topological polar surface area (TPSA) is 88.0 Å². The van der Waals surface area contributed by atoms with E-state index in [0.29, 0.717) is 29.4 Å². The Kier molecular flexibility index (Phi) is 9.68. The van der Waals surface area contributed by atoms with E-state index >= 15 is 0 Å². The monoisotopic (exact) mass is 594 g/mol. The van der Waals surface area contributed by atoms with Gasteiger partial charge < -0.3 is 24.4 Å². The van der Waals surface area contributed by atoms with E-state index in [1.54, 1.807) is 12.1 Å². The molecule has 0 aliphatic carbocycles. The summed E-state index contributed by atoms with van der Waals surface area (Å²) in [5, 5.41) is 11.0. The first-order valence-corrected chi connectivity index (χ1v) is 14.8. The van der Waals surface area contributed by atoms with Crippen LogP contribution >= 0.6 is 11.6 Å². The average Bonchev–Trinajstić information content (AvgIpc) is 2.92. The second kappa shape index (κ2) is 12.9. The van der Waals surface area contributed by atoms with Crippen LogP contribution in [0.25, 0.3) is 11.1 Å². The summed E-state index contributed by atoms with van der Waals surface area (Å²) in [5.74, 6) is 0.545. The van der Waals surface area contributed by atoms with Crippen LogP contribution in [-0.2, 0) is 9.53 Å². The van der Waals surface area contributed by atoms with Gasteiger partial charge in [-0.1, -0.05) is 25.4 Å². The number of halogens is 1. The summed E-state index contributed by atoms with van der Waals surface area (Å²) in [6, 6.07) is 11.3. The molecule has 1 aliphatic heterocycles. The standard InChI is InChI=1S/C33H43ClN4O4/c1-22-28(30(31(39)40)42-32(2,3)4)29(38-16-14-33(5,6)15-17-38)26(21-35-22)23-8-13-27(36-20-23)37(7)18-19-41-25-11-9-24(34)10-12-25/h8-13,20-21,30H,14-19H2,1-7H3,(H,39,40). The Morgan fingerprint density at radius 3 is 2.33 bits per heavy atom. The number of carboxylic acid groups (broad SMARTS) is 1. The minimum Gasteiger partial charge on any atom is -0.492 e. The molecule has 1 N–H and O–H groups in total. The highest BCUT2D eigenvalue weighted by molar-refractivity contribution is 6.30. The van der Waals surface area contributed by atoms with Gasteiger partial charge in [0.15, 0.2) is 6.10 Å². The highest BCUT2D eigenvalue weighted by Crippen LogP contribution is 2.43. The number of aromatic nitrogens is 2. The summed E-state index contributed by atoms with van der Waals surface area (Å²) in [4.78, 5) is 26.4. The minimum atomic E-state index is -1.15. The van der Waals surface area contributed by atoms with Gasteiger partial charge in [0.05, 0.1) is 17.8 Å². The first kappa shape index (κ1) is 31.6. The van der Waals surface area contributed by atoms with Crippen molar-refractivity contribution >= 4 is 29.1 Å². The highest BCUT2D eigenvalue weighted by atomic mass is 35.5. The third-order valence-electron chi connectivity index (χ3n) is 7.64. The summed E-state index contributed by atoms with van der Waals surface area (Å²) in [7, 11) is 1.97. The van der Waals surface area contributed by atoms with Crippen molar-refractivity contribution in [2.75, 3.05) is 43.1 Å². The summed E-state index contributed by atoms with van der Waals surface area (Å²) in [6.07, 6.45) is 4.53. The zero-order valence-corrected chi connectivity index (χ0v) is 26.5. The number of carbonyl (C=O) groups is 1. The molecule has 226 valence electrons. The van der Waals surface area contributed by atoms with Crippen LogP contribution < -0.4 is 14.5 Å². The van der Waals surface area contributed by atoms with Crippen molar-refractivity contribution in [1.82, 2.24) is 9.97 Å². The number of carboxylic acids is 1. The number of hydrogen-bond acceptors (Lipinski definition) is 7.